The molecule has 25 heavy (non-hydrogen) atoms. The molecule has 0 bridgehead atoms. The molecule has 2 aromatic carbocycles. The van der Waals surface area contributed by atoms with Crippen LogP contribution in [-0.4, -0.2) is 28.4 Å². The number of benzene rings is 2. The van der Waals surface area contributed by atoms with Crippen LogP contribution in [0.2, 0.25) is 0 Å². The lowest BCUT2D eigenvalue weighted by Gasteiger charge is -2.25. The van der Waals surface area contributed by atoms with Crippen molar-refractivity contribution in [2.45, 2.75) is 31.7 Å². The van der Waals surface area contributed by atoms with Gasteiger partial charge >= 0.3 is 0 Å². The minimum Gasteiger partial charge on any atom is -0.339 e. The Kier molecular flexibility index (Phi) is 4.47. The fraction of sp³-hybridized carbons (Fsp3) is 0.273. The SMILES string of the molecule is O=C(Cc1cnc2ccccc2c1)N1CCCC1Cc1ccccc1. The molecule has 1 unspecified atom stereocenters. The molecule has 3 nitrogen and oxygen atoms in total. The molecule has 1 saturated heterocycles. The summed E-state index contributed by atoms with van der Waals surface area (Å²) in [6, 6.07) is 20.9. The summed E-state index contributed by atoms with van der Waals surface area (Å²) < 4.78 is 0. The largest absolute Gasteiger partial charge is 0.339 e. The number of pyridine rings is 1. The number of rotatable bonds is 4. The molecule has 1 aromatic heterocycles. The molecule has 0 aliphatic carbocycles. The Bertz CT molecular complexity index is 875. The zero-order chi connectivity index (χ0) is 17.1. The minimum atomic E-state index is 0.218. The van der Waals surface area contributed by atoms with Crippen molar-refractivity contribution in [3.05, 3.63) is 78.0 Å². The van der Waals surface area contributed by atoms with Gasteiger partial charge in [-0.3, -0.25) is 9.78 Å². The second kappa shape index (κ2) is 7.06. The summed E-state index contributed by atoms with van der Waals surface area (Å²) >= 11 is 0. The number of hydrogen-bond donors (Lipinski definition) is 0. The highest BCUT2D eigenvalue weighted by Gasteiger charge is 2.28. The van der Waals surface area contributed by atoms with E-state index in [0.29, 0.717) is 12.5 Å². The predicted molar refractivity (Wildman–Crippen MR) is 100 cm³/mol. The van der Waals surface area contributed by atoms with Crippen LogP contribution in [0.1, 0.15) is 24.0 Å². The molecule has 1 atom stereocenters. The fourth-order valence-corrected chi connectivity index (χ4v) is 3.75. The van der Waals surface area contributed by atoms with Gasteiger partial charge in [0.1, 0.15) is 0 Å². The first-order valence-corrected chi connectivity index (χ1v) is 8.97. The van der Waals surface area contributed by atoms with Crippen molar-refractivity contribution >= 4 is 16.8 Å². The molecule has 0 N–H and O–H groups in total. The molecule has 1 amide bonds. The van der Waals surface area contributed by atoms with Gasteiger partial charge in [0.05, 0.1) is 11.9 Å². The van der Waals surface area contributed by atoms with E-state index in [1.54, 1.807) is 0 Å². The van der Waals surface area contributed by atoms with Crippen molar-refractivity contribution in [3.63, 3.8) is 0 Å². The zero-order valence-electron chi connectivity index (χ0n) is 14.3. The summed E-state index contributed by atoms with van der Waals surface area (Å²) in [7, 11) is 0. The van der Waals surface area contributed by atoms with E-state index < -0.39 is 0 Å². The lowest BCUT2D eigenvalue weighted by molar-refractivity contribution is -0.131. The molecule has 2 heterocycles. The number of nitrogens with zero attached hydrogens (tertiary/aromatic N) is 2. The Morgan fingerprint density at radius 3 is 2.72 bits per heavy atom. The molecule has 0 spiro atoms. The Hall–Kier alpha value is -2.68. The van der Waals surface area contributed by atoms with Gasteiger partial charge in [-0.1, -0.05) is 48.5 Å². The highest BCUT2D eigenvalue weighted by Crippen LogP contribution is 2.23. The van der Waals surface area contributed by atoms with Crippen LogP contribution in [0.3, 0.4) is 0 Å². The first kappa shape index (κ1) is 15.8. The van der Waals surface area contributed by atoms with Crippen molar-refractivity contribution in [2.75, 3.05) is 6.54 Å². The van der Waals surface area contributed by atoms with Gasteiger partial charge in [-0.05, 0) is 42.5 Å². The van der Waals surface area contributed by atoms with Gasteiger partial charge in [-0.25, -0.2) is 0 Å². The second-order valence-electron chi connectivity index (χ2n) is 6.79. The van der Waals surface area contributed by atoms with Crippen LogP contribution in [0.5, 0.6) is 0 Å². The van der Waals surface area contributed by atoms with Crippen molar-refractivity contribution in [1.82, 2.24) is 9.88 Å². The van der Waals surface area contributed by atoms with E-state index in [-0.39, 0.29) is 5.91 Å². The minimum absolute atomic E-state index is 0.218. The lowest BCUT2D eigenvalue weighted by atomic mass is 10.0. The molecular weight excluding hydrogens is 308 g/mol. The first-order chi connectivity index (χ1) is 12.3. The summed E-state index contributed by atoms with van der Waals surface area (Å²) in [5, 5.41) is 1.09. The Morgan fingerprint density at radius 1 is 1.04 bits per heavy atom. The van der Waals surface area contributed by atoms with E-state index >= 15 is 0 Å². The third-order valence-corrected chi connectivity index (χ3v) is 5.01. The molecule has 1 aliphatic heterocycles. The molecular formula is C22H22N2O. The summed E-state index contributed by atoms with van der Waals surface area (Å²) in [5.41, 5.74) is 3.27. The standard InChI is InChI=1S/C22H22N2O/c25-22(15-18-13-19-9-4-5-11-21(19)23-16-18)24-12-6-10-20(24)14-17-7-2-1-3-8-17/h1-5,7-9,11,13,16,20H,6,10,12,14-15H2. The van der Waals surface area contributed by atoms with Crippen molar-refractivity contribution < 1.29 is 4.79 Å². The highest BCUT2D eigenvalue weighted by atomic mass is 16.2. The van der Waals surface area contributed by atoms with E-state index in [1.807, 2.05) is 36.5 Å². The molecule has 3 heteroatoms. The van der Waals surface area contributed by atoms with E-state index in [1.165, 1.54) is 5.56 Å². The van der Waals surface area contributed by atoms with Crippen LogP contribution in [0.15, 0.2) is 66.9 Å². The molecule has 1 aliphatic rings. The summed E-state index contributed by atoms with van der Waals surface area (Å²) in [5.74, 6) is 0.218. The van der Waals surface area contributed by atoms with E-state index in [0.717, 1.165) is 42.3 Å². The smallest absolute Gasteiger partial charge is 0.227 e. The summed E-state index contributed by atoms with van der Waals surface area (Å²) in [4.78, 5) is 19.4. The van der Waals surface area contributed by atoms with Gasteiger partial charge in [0.15, 0.2) is 0 Å². The van der Waals surface area contributed by atoms with E-state index in [9.17, 15) is 4.79 Å². The Morgan fingerprint density at radius 2 is 1.84 bits per heavy atom. The fourth-order valence-electron chi connectivity index (χ4n) is 3.75. The molecule has 0 saturated carbocycles. The average Bonchev–Trinajstić information content (AvgIpc) is 3.11. The molecule has 3 aromatic rings. The van der Waals surface area contributed by atoms with Gasteiger partial charge in [0, 0.05) is 24.2 Å². The second-order valence-corrected chi connectivity index (χ2v) is 6.79. The van der Waals surface area contributed by atoms with Crippen LogP contribution < -0.4 is 0 Å². The topological polar surface area (TPSA) is 33.2 Å². The highest BCUT2D eigenvalue weighted by molar-refractivity contribution is 5.83. The predicted octanol–water partition coefficient (Wildman–Crippen LogP) is 4.01. The Balaban J connectivity index is 1.47. The lowest BCUT2D eigenvalue weighted by Crippen LogP contribution is -2.37. The van der Waals surface area contributed by atoms with Gasteiger partial charge < -0.3 is 4.90 Å². The van der Waals surface area contributed by atoms with E-state index in [2.05, 4.69) is 40.2 Å². The van der Waals surface area contributed by atoms with Crippen LogP contribution in [-0.2, 0) is 17.6 Å². The van der Waals surface area contributed by atoms with Gasteiger partial charge in [-0.2, -0.15) is 0 Å². The number of aromatic nitrogens is 1. The normalized spacial score (nSPS) is 17.1. The zero-order valence-corrected chi connectivity index (χ0v) is 14.3. The Labute approximate surface area is 148 Å². The number of hydrogen-bond acceptors (Lipinski definition) is 2. The van der Waals surface area contributed by atoms with E-state index in [4.69, 9.17) is 0 Å². The van der Waals surface area contributed by atoms with Crippen LogP contribution >= 0.6 is 0 Å². The number of carbonyl (C=O) groups is 1. The van der Waals surface area contributed by atoms with Crippen LogP contribution in [0, 0.1) is 0 Å². The number of carbonyl (C=O) groups excluding carboxylic acids is 1. The third-order valence-electron chi connectivity index (χ3n) is 5.01. The number of para-hydroxylation sites is 1. The van der Waals surface area contributed by atoms with Gasteiger partial charge in [-0.15, -0.1) is 0 Å². The van der Waals surface area contributed by atoms with Gasteiger partial charge in [0.2, 0.25) is 5.91 Å². The van der Waals surface area contributed by atoms with Crippen molar-refractivity contribution in [1.29, 1.82) is 0 Å². The van der Waals surface area contributed by atoms with Crippen molar-refractivity contribution in [3.8, 4) is 0 Å². The van der Waals surface area contributed by atoms with Crippen LogP contribution in [0.4, 0.5) is 0 Å². The summed E-state index contributed by atoms with van der Waals surface area (Å²) in [6.07, 6.45) is 5.41. The maximum Gasteiger partial charge on any atom is 0.227 e. The monoisotopic (exact) mass is 330 g/mol. The molecule has 4 rings (SSSR count). The van der Waals surface area contributed by atoms with Crippen molar-refractivity contribution in [2.24, 2.45) is 0 Å². The van der Waals surface area contributed by atoms with Crippen LogP contribution in [0.25, 0.3) is 10.9 Å². The maximum absolute atomic E-state index is 12.8. The first-order valence-electron chi connectivity index (χ1n) is 8.97. The molecule has 0 radical (unpaired) electrons. The number of amides is 1. The summed E-state index contributed by atoms with van der Waals surface area (Å²) in [6.45, 7) is 0.872. The number of likely N-dealkylation sites (tertiary alicyclic amines) is 1. The molecule has 126 valence electrons. The van der Waals surface area contributed by atoms with Gasteiger partial charge in [0.25, 0.3) is 0 Å². The quantitative estimate of drug-likeness (QED) is 0.724. The maximum atomic E-state index is 12.8. The third kappa shape index (κ3) is 3.55. The number of fused-ring (bicyclic) bond motifs is 1. The molecule has 1 fully saturated rings. The average molecular weight is 330 g/mol.